The van der Waals surface area contributed by atoms with E-state index in [1.165, 1.54) is 0 Å². The van der Waals surface area contributed by atoms with Crippen molar-refractivity contribution in [3.63, 3.8) is 0 Å². The molecule has 0 aromatic rings. The molecule has 0 amide bonds. The van der Waals surface area contributed by atoms with Gasteiger partial charge in [-0.05, 0) is 5.92 Å². The summed E-state index contributed by atoms with van der Waals surface area (Å²) in [5.74, 6) is -2.13. The molecule has 82 valence electrons. The molecule has 14 heavy (non-hydrogen) atoms. The van der Waals surface area contributed by atoms with Crippen LogP contribution in [-0.2, 0) is 14.3 Å². The zero-order valence-electron chi connectivity index (χ0n) is 9.11. The molecule has 1 unspecified atom stereocenters. The molecule has 0 aromatic carbocycles. The van der Waals surface area contributed by atoms with E-state index in [9.17, 15) is 9.59 Å². The fraction of sp³-hybridized carbons (Fsp3) is 0.800. The van der Waals surface area contributed by atoms with Gasteiger partial charge < -0.3 is 9.84 Å². The predicted molar refractivity (Wildman–Crippen MR) is 51.8 cm³/mol. The van der Waals surface area contributed by atoms with Gasteiger partial charge in [-0.3, -0.25) is 9.59 Å². The van der Waals surface area contributed by atoms with Crippen LogP contribution in [0.15, 0.2) is 0 Å². The second-order valence-electron chi connectivity index (χ2n) is 3.97. The number of ether oxygens (including phenoxy) is 1. The summed E-state index contributed by atoms with van der Waals surface area (Å²) in [4.78, 5) is 21.8. The van der Waals surface area contributed by atoms with Gasteiger partial charge in [0.1, 0.15) is 6.61 Å². The number of rotatable bonds is 5. The van der Waals surface area contributed by atoms with Crippen LogP contribution in [0.2, 0.25) is 0 Å². The molecule has 1 atom stereocenters. The highest BCUT2D eigenvalue weighted by molar-refractivity contribution is 5.73. The predicted octanol–water partition coefficient (Wildman–Crippen LogP) is 1.54. The van der Waals surface area contributed by atoms with Gasteiger partial charge in [0.25, 0.3) is 0 Å². The first-order chi connectivity index (χ1) is 6.36. The Balaban J connectivity index is 4.08. The molecule has 4 nitrogen and oxygen atoms in total. The molecule has 4 heteroatoms. The molecule has 0 fully saturated rings. The van der Waals surface area contributed by atoms with Crippen LogP contribution in [0.1, 0.15) is 27.7 Å². The lowest BCUT2D eigenvalue weighted by Crippen LogP contribution is -2.27. The highest BCUT2D eigenvalue weighted by Gasteiger charge is 2.23. The molecule has 0 spiro atoms. The Hall–Kier alpha value is -1.06. The Morgan fingerprint density at radius 1 is 1.21 bits per heavy atom. The molecule has 0 rings (SSSR count). The number of carboxylic acids is 1. The lowest BCUT2D eigenvalue weighted by Gasteiger charge is -2.16. The number of hydrogen-bond acceptors (Lipinski definition) is 3. The molecule has 0 saturated carbocycles. The van der Waals surface area contributed by atoms with Crippen molar-refractivity contribution in [3.05, 3.63) is 0 Å². The summed E-state index contributed by atoms with van der Waals surface area (Å²) in [6.07, 6.45) is 0. The highest BCUT2D eigenvalue weighted by Crippen LogP contribution is 2.12. The molecular weight excluding hydrogens is 184 g/mol. The van der Waals surface area contributed by atoms with Gasteiger partial charge >= 0.3 is 11.9 Å². The maximum atomic E-state index is 11.1. The molecule has 0 heterocycles. The number of esters is 1. The van der Waals surface area contributed by atoms with Crippen molar-refractivity contribution in [1.82, 2.24) is 0 Å². The van der Waals surface area contributed by atoms with Crippen molar-refractivity contribution in [3.8, 4) is 0 Å². The average molecular weight is 202 g/mol. The van der Waals surface area contributed by atoms with E-state index in [0.29, 0.717) is 0 Å². The van der Waals surface area contributed by atoms with Crippen LogP contribution in [0, 0.1) is 17.8 Å². The Morgan fingerprint density at radius 3 is 2.00 bits per heavy atom. The summed E-state index contributed by atoms with van der Waals surface area (Å²) < 4.78 is 4.87. The Morgan fingerprint density at radius 2 is 1.71 bits per heavy atom. The quantitative estimate of drug-likeness (QED) is 0.687. The van der Waals surface area contributed by atoms with Gasteiger partial charge in [-0.15, -0.1) is 0 Å². The van der Waals surface area contributed by atoms with Gasteiger partial charge in [0.05, 0.1) is 11.8 Å². The van der Waals surface area contributed by atoms with Gasteiger partial charge in [0, 0.05) is 0 Å². The SMILES string of the molecule is CC(C)C(=O)OCC(C(=O)O)C(C)C. The molecule has 0 bridgehead atoms. The molecular formula is C10H18O4. The summed E-state index contributed by atoms with van der Waals surface area (Å²) >= 11 is 0. The zero-order valence-corrected chi connectivity index (χ0v) is 9.11. The summed E-state index contributed by atoms with van der Waals surface area (Å²) in [6, 6.07) is 0. The summed E-state index contributed by atoms with van der Waals surface area (Å²) in [6.45, 7) is 6.98. The lowest BCUT2D eigenvalue weighted by atomic mass is 9.97. The van der Waals surface area contributed by atoms with Gasteiger partial charge in [-0.1, -0.05) is 27.7 Å². The summed E-state index contributed by atoms with van der Waals surface area (Å²) in [7, 11) is 0. The fourth-order valence-corrected chi connectivity index (χ4v) is 0.887. The van der Waals surface area contributed by atoms with Gasteiger partial charge in [-0.25, -0.2) is 0 Å². The number of carbonyl (C=O) groups is 2. The van der Waals surface area contributed by atoms with Crippen LogP contribution in [0.25, 0.3) is 0 Å². The Labute approximate surface area is 84.3 Å². The smallest absolute Gasteiger partial charge is 0.310 e. The zero-order chi connectivity index (χ0) is 11.3. The van der Waals surface area contributed by atoms with Crippen molar-refractivity contribution < 1.29 is 19.4 Å². The minimum atomic E-state index is -0.920. The Kier molecular flexibility index (Phi) is 5.20. The lowest BCUT2D eigenvalue weighted by molar-refractivity contribution is -0.154. The van der Waals surface area contributed by atoms with E-state index in [1.54, 1.807) is 27.7 Å². The molecule has 0 aliphatic heterocycles. The first kappa shape index (κ1) is 12.9. The molecule has 0 aliphatic rings. The largest absolute Gasteiger partial charge is 0.481 e. The molecule has 0 aliphatic carbocycles. The van der Waals surface area contributed by atoms with Crippen LogP contribution >= 0.6 is 0 Å². The summed E-state index contributed by atoms with van der Waals surface area (Å²) in [5, 5.41) is 8.80. The van der Waals surface area contributed by atoms with E-state index in [2.05, 4.69) is 0 Å². The number of hydrogen-bond donors (Lipinski definition) is 1. The second kappa shape index (κ2) is 5.62. The van der Waals surface area contributed by atoms with Crippen LogP contribution in [0.5, 0.6) is 0 Å². The number of carboxylic acid groups (broad SMARTS) is 1. The van der Waals surface area contributed by atoms with Gasteiger partial charge in [0.15, 0.2) is 0 Å². The van der Waals surface area contributed by atoms with Crippen molar-refractivity contribution in [1.29, 1.82) is 0 Å². The fourth-order valence-electron chi connectivity index (χ4n) is 0.887. The van der Waals surface area contributed by atoms with Crippen LogP contribution in [0.3, 0.4) is 0 Å². The maximum Gasteiger partial charge on any atom is 0.310 e. The summed E-state index contributed by atoms with van der Waals surface area (Å²) in [5.41, 5.74) is 0. The highest BCUT2D eigenvalue weighted by atomic mass is 16.5. The van der Waals surface area contributed by atoms with E-state index in [-0.39, 0.29) is 24.4 Å². The van der Waals surface area contributed by atoms with E-state index < -0.39 is 11.9 Å². The Bertz CT molecular complexity index is 208. The van der Waals surface area contributed by atoms with Crippen LogP contribution < -0.4 is 0 Å². The van der Waals surface area contributed by atoms with Crippen molar-refractivity contribution in [2.45, 2.75) is 27.7 Å². The second-order valence-corrected chi connectivity index (χ2v) is 3.97. The van der Waals surface area contributed by atoms with E-state index in [1.807, 2.05) is 0 Å². The molecule has 1 N–H and O–H groups in total. The van der Waals surface area contributed by atoms with Crippen LogP contribution in [0.4, 0.5) is 0 Å². The molecule has 0 radical (unpaired) electrons. The van der Waals surface area contributed by atoms with Gasteiger partial charge in [0.2, 0.25) is 0 Å². The first-order valence-electron chi connectivity index (χ1n) is 4.75. The first-order valence-corrected chi connectivity index (χ1v) is 4.75. The van der Waals surface area contributed by atoms with Crippen molar-refractivity contribution in [2.24, 2.45) is 17.8 Å². The third kappa shape index (κ3) is 4.25. The van der Waals surface area contributed by atoms with Crippen LogP contribution in [-0.4, -0.2) is 23.7 Å². The van der Waals surface area contributed by atoms with E-state index >= 15 is 0 Å². The number of aliphatic carboxylic acids is 1. The van der Waals surface area contributed by atoms with Crippen molar-refractivity contribution in [2.75, 3.05) is 6.61 Å². The topological polar surface area (TPSA) is 63.6 Å². The minimum absolute atomic E-state index is 0.0348. The maximum absolute atomic E-state index is 11.1. The third-order valence-corrected chi connectivity index (χ3v) is 2.00. The molecule has 0 saturated heterocycles. The van der Waals surface area contributed by atoms with Crippen molar-refractivity contribution >= 4 is 11.9 Å². The van der Waals surface area contributed by atoms with E-state index in [0.717, 1.165) is 0 Å². The average Bonchev–Trinajstić information content (AvgIpc) is 2.02. The van der Waals surface area contributed by atoms with Gasteiger partial charge in [-0.2, -0.15) is 0 Å². The normalized spacial score (nSPS) is 13.0. The monoisotopic (exact) mass is 202 g/mol. The standard InChI is InChI=1S/C10H18O4/c1-6(2)8(9(11)12)5-14-10(13)7(3)4/h6-8H,5H2,1-4H3,(H,11,12). The minimum Gasteiger partial charge on any atom is -0.481 e. The van der Waals surface area contributed by atoms with E-state index in [4.69, 9.17) is 9.84 Å². The third-order valence-electron chi connectivity index (χ3n) is 2.00. The molecule has 0 aromatic heterocycles. The number of carbonyl (C=O) groups excluding carboxylic acids is 1.